The van der Waals surface area contributed by atoms with E-state index in [2.05, 4.69) is 27.1 Å². The number of guanidine groups is 1. The Morgan fingerprint density at radius 1 is 1.32 bits per heavy atom. The van der Waals surface area contributed by atoms with E-state index in [1.54, 1.807) is 12.1 Å². The Morgan fingerprint density at radius 2 is 2.04 bits per heavy atom. The molecule has 1 aromatic carbocycles. The van der Waals surface area contributed by atoms with Gasteiger partial charge in [0.2, 0.25) is 5.91 Å². The summed E-state index contributed by atoms with van der Waals surface area (Å²) >= 11 is 0. The Labute approximate surface area is 150 Å². The number of hydrogen-bond acceptors (Lipinski definition) is 2. The highest BCUT2D eigenvalue weighted by Gasteiger charge is 2.05. The van der Waals surface area contributed by atoms with Crippen LogP contribution in [0, 0.1) is 5.82 Å². The molecule has 0 aliphatic carbocycles. The normalized spacial score (nSPS) is 11.1. The molecule has 0 aliphatic heterocycles. The van der Waals surface area contributed by atoms with Crippen molar-refractivity contribution in [2.24, 2.45) is 4.99 Å². The number of unbranched alkanes of at least 4 members (excludes halogenated alkanes) is 1. The van der Waals surface area contributed by atoms with E-state index in [-0.39, 0.29) is 18.1 Å². The van der Waals surface area contributed by atoms with Gasteiger partial charge in [-0.1, -0.05) is 18.2 Å². The number of nitrogens with zero attached hydrogens (tertiary/aromatic N) is 2. The van der Waals surface area contributed by atoms with Crippen molar-refractivity contribution in [1.82, 2.24) is 15.5 Å². The summed E-state index contributed by atoms with van der Waals surface area (Å²) in [6, 6.07) is 5.96. The standard InChI is InChI=1S/C19H29FN4O/c1-4-6-7-14-24(3)19(21-5-2)23-13-12-22-18(25)15-16-8-10-17(20)11-9-16/h4,8-11H,1,5-7,12-15H2,2-3H3,(H,21,23)(H,22,25). The van der Waals surface area contributed by atoms with E-state index >= 15 is 0 Å². The highest BCUT2D eigenvalue weighted by Crippen LogP contribution is 2.03. The fraction of sp³-hybridized carbons (Fsp3) is 0.474. The van der Waals surface area contributed by atoms with Gasteiger partial charge in [0, 0.05) is 26.7 Å². The van der Waals surface area contributed by atoms with Crippen LogP contribution >= 0.6 is 0 Å². The van der Waals surface area contributed by atoms with Crippen LogP contribution in [0.2, 0.25) is 0 Å². The lowest BCUT2D eigenvalue weighted by atomic mass is 10.1. The zero-order chi connectivity index (χ0) is 18.5. The van der Waals surface area contributed by atoms with Gasteiger partial charge in [0.1, 0.15) is 5.82 Å². The molecule has 5 nitrogen and oxygen atoms in total. The third-order valence-electron chi connectivity index (χ3n) is 3.57. The van der Waals surface area contributed by atoms with Gasteiger partial charge < -0.3 is 15.5 Å². The van der Waals surface area contributed by atoms with Crippen molar-refractivity contribution in [3.63, 3.8) is 0 Å². The zero-order valence-corrected chi connectivity index (χ0v) is 15.2. The van der Waals surface area contributed by atoms with Crippen molar-refractivity contribution in [3.05, 3.63) is 48.3 Å². The predicted octanol–water partition coefficient (Wildman–Crippen LogP) is 2.35. The first-order valence-corrected chi connectivity index (χ1v) is 8.68. The molecule has 0 fully saturated rings. The molecule has 1 aromatic rings. The number of halogens is 1. The van der Waals surface area contributed by atoms with Crippen molar-refractivity contribution >= 4 is 11.9 Å². The molecule has 0 spiro atoms. The maximum atomic E-state index is 12.8. The minimum Gasteiger partial charge on any atom is -0.357 e. The fourth-order valence-corrected chi connectivity index (χ4v) is 2.26. The molecule has 1 amide bonds. The zero-order valence-electron chi connectivity index (χ0n) is 15.2. The second-order valence-corrected chi connectivity index (χ2v) is 5.74. The minimum absolute atomic E-state index is 0.0915. The van der Waals surface area contributed by atoms with Crippen LogP contribution in [0.5, 0.6) is 0 Å². The van der Waals surface area contributed by atoms with Crippen LogP contribution in [0.4, 0.5) is 4.39 Å². The van der Waals surface area contributed by atoms with Crippen LogP contribution in [0.1, 0.15) is 25.3 Å². The van der Waals surface area contributed by atoms with E-state index in [1.807, 2.05) is 20.0 Å². The van der Waals surface area contributed by atoms with Crippen LogP contribution in [-0.4, -0.2) is 50.0 Å². The molecule has 25 heavy (non-hydrogen) atoms. The quantitative estimate of drug-likeness (QED) is 0.295. The van der Waals surface area contributed by atoms with E-state index in [9.17, 15) is 9.18 Å². The van der Waals surface area contributed by atoms with E-state index in [1.165, 1.54) is 12.1 Å². The van der Waals surface area contributed by atoms with E-state index < -0.39 is 0 Å². The molecule has 0 atom stereocenters. The Morgan fingerprint density at radius 3 is 2.68 bits per heavy atom. The molecule has 0 saturated carbocycles. The minimum atomic E-state index is -0.299. The molecular formula is C19H29FN4O. The highest BCUT2D eigenvalue weighted by atomic mass is 19.1. The molecule has 0 radical (unpaired) electrons. The van der Waals surface area contributed by atoms with E-state index in [4.69, 9.17) is 0 Å². The number of benzene rings is 1. The lowest BCUT2D eigenvalue weighted by molar-refractivity contribution is -0.120. The van der Waals surface area contributed by atoms with Crippen LogP contribution < -0.4 is 10.6 Å². The Balaban J connectivity index is 2.37. The van der Waals surface area contributed by atoms with Crippen molar-refractivity contribution in [1.29, 1.82) is 0 Å². The van der Waals surface area contributed by atoms with Gasteiger partial charge in [0.15, 0.2) is 5.96 Å². The maximum absolute atomic E-state index is 12.8. The Kier molecular flexibility index (Phi) is 9.97. The monoisotopic (exact) mass is 348 g/mol. The summed E-state index contributed by atoms with van der Waals surface area (Å²) in [7, 11) is 2.00. The van der Waals surface area contributed by atoms with Gasteiger partial charge in [-0.25, -0.2) is 4.39 Å². The molecule has 2 N–H and O–H groups in total. The summed E-state index contributed by atoms with van der Waals surface area (Å²) in [5, 5.41) is 6.08. The summed E-state index contributed by atoms with van der Waals surface area (Å²) in [6.45, 7) is 8.41. The van der Waals surface area contributed by atoms with Gasteiger partial charge in [-0.15, -0.1) is 6.58 Å². The molecule has 0 bridgehead atoms. The molecule has 0 saturated heterocycles. The van der Waals surface area contributed by atoms with Crippen molar-refractivity contribution in [3.8, 4) is 0 Å². The molecule has 0 aromatic heterocycles. The highest BCUT2D eigenvalue weighted by molar-refractivity contribution is 5.80. The summed E-state index contributed by atoms with van der Waals surface area (Å²) < 4.78 is 12.8. The van der Waals surface area contributed by atoms with Crippen molar-refractivity contribution < 1.29 is 9.18 Å². The topological polar surface area (TPSA) is 56.7 Å². The molecule has 6 heteroatoms. The first-order chi connectivity index (χ1) is 12.1. The fourth-order valence-electron chi connectivity index (χ4n) is 2.26. The van der Waals surface area contributed by atoms with E-state index in [0.717, 1.165) is 37.5 Å². The number of carbonyl (C=O) groups excluding carboxylic acids is 1. The Bertz CT molecular complexity index is 557. The second-order valence-electron chi connectivity index (χ2n) is 5.74. The van der Waals surface area contributed by atoms with Crippen LogP contribution in [0.15, 0.2) is 41.9 Å². The SMILES string of the molecule is C=CCCCN(C)C(=NCCNC(=O)Cc1ccc(F)cc1)NCC. The largest absolute Gasteiger partial charge is 0.357 e. The average Bonchev–Trinajstić information content (AvgIpc) is 2.59. The molecule has 0 aliphatic rings. The van der Waals surface area contributed by atoms with Gasteiger partial charge in [-0.2, -0.15) is 0 Å². The third-order valence-corrected chi connectivity index (χ3v) is 3.57. The molecule has 0 unspecified atom stereocenters. The van der Waals surface area contributed by atoms with Crippen molar-refractivity contribution in [2.45, 2.75) is 26.2 Å². The number of aliphatic imine (C=N–C) groups is 1. The Hall–Kier alpha value is -2.37. The van der Waals surface area contributed by atoms with Gasteiger partial charge in [0.05, 0.1) is 13.0 Å². The number of allylic oxidation sites excluding steroid dienone is 1. The van der Waals surface area contributed by atoms with Gasteiger partial charge >= 0.3 is 0 Å². The molecule has 0 heterocycles. The number of hydrogen-bond donors (Lipinski definition) is 2. The molecular weight excluding hydrogens is 319 g/mol. The van der Waals surface area contributed by atoms with Gasteiger partial charge in [-0.3, -0.25) is 9.79 Å². The second kappa shape index (κ2) is 12.1. The summed E-state index contributed by atoms with van der Waals surface area (Å²) in [4.78, 5) is 18.5. The smallest absolute Gasteiger partial charge is 0.224 e. The first-order valence-electron chi connectivity index (χ1n) is 8.68. The van der Waals surface area contributed by atoms with Crippen LogP contribution in [0.25, 0.3) is 0 Å². The number of rotatable bonds is 10. The summed E-state index contributed by atoms with van der Waals surface area (Å²) in [5.41, 5.74) is 0.790. The lowest BCUT2D eigenvalue weighted by Crippen LogP contribution is -2.40. The third kappa shape index (κ3) is 8.88. The number of amides is 1. The molecule has 1 rings (SSSR count). The number of carbonyl (C=O) groups is 1. The number of nitrogens with one attached hydrogen (secondary N) is 2. The van der Waals surface area contributed by atoms with Crippen LogP contribution in [0.3, 0.4) is 0 Å². The average molecular weight is 348 g/mol. The van der Waals surface area contributed by atoms with Gasteiger partial charge in [-0.05, 0) is 37.5 Å². The van der Waals surface area contributed by atoms with Crippen molar-refractivity contribution in [2.75, 3.05) is 33.2 Å². The summed E-state index contributed by atoms with van der Waals surface area (Å²) in [5.74, 6) is 0.442. The lowest BCUT2D eigenvalue weighted by Gasteiger charge is -2.21. The van der Waals surface area contributed by atoms with Gasteiger partial charge in [0.25, 0.3) is 0 Å². The van der Waals surface area contributed by atoms with E-state index in [0.29, 0.717) is 13.1 Å². The van der Waals surface area contributed by atoms with Crippen LogP contribution in [-0.2, 0) is 11.2 Å². The molecule has 138 valence electrons. The maximum Gasteiger partial charge on any atom is 0.224 e. The summed E-state index contributed by atoms with van der Waals surface area (Å²) in [6.07, 6.45) is 4.15. The first kappa shape index (κ1) is 20.7. The predicted molar refractivity (Wildman–Crippen MR) is 101 cm³/mol.